The Morgan fingerprint density at radius 2 is 1.76 bits per heavy atom. The van der Waals surface area contributed by atoms with Crippen molar-refractivity contribution < 1.29 is 4.79 Å². The van der Waals surface area contributed by atoms with Crippen LogP contribution in [-0.2, 0) is 0 Å². The molecule has 0 N–H and O–H groups in total. The van der Waals surface area contributed by atoms with Gasteiger partial charge in [0.15, 0.2) is 5.78 Å². The lowest BCUT2D eigenvalue weighted by atomic mass is 10.0. The van der Waals surface area contributed by atoms with Gasteiger partial charge < -0.3 is 0 Å². The smallest absolute Gasteiger partial charge is 0.165 e. The minimum Gasteiger partial charge on any atom is -0.294 e. The Morgan fingerprint density at radius 1 is 1.00 bits per heavy atom. The summed E-state index contributed by atoms with van der Waals surface area (Å²) in [7, 11) is 0. The molecule has 0 spiro atoms. The van der Waals surface area contributed by atoms with E-state index in [0.29, 0.717) is 6.42 Å². The van der Waals surface area contributed by atoms with Crippen molar-refractivity contribution in [3.05, 3.63) is 47.7 Å². The summed E-state index contributed by atoms with van der Waals surface area (Å²) in [5.41, 5.74) is 2.56. The molecule has 0 atom stereocenters. The van der Waals surface area contributed by atoms with Gasteiger partial charge in [-0.1, -0.05) is 70.2 Å². The minimum absolute atomic E-state index is 0.220. The summed E-state index contributed by atoms with van der Waals surface area (Å²) >= 11 is 0. The molecule has 1 heterocycles. The number of Topliss-reactive ketones (excluding diaryl/α,β-unsaturated/α-hetero) is 1. The highest BCUT2D eigenvalue weighted by molar-refractivity contribution is 6.01. The van der Waals surface area contributed by atoms with Crippen LogP contribution in [-0.4, -0.2) is 10.8 Å². The Hall–Kier alpha value is -1.96. The van der Waals surface area contributed by atoms with Crippen LogP contribution in [0.3, 0.4) is 0 Å². The molecule has 0 aliphatic rings. The quantitative estimate of drug-likeness (QED) is 0.327. The fraction of sp³-hybridized carbons (Fsp3) is 0.478. The zero-order chi connectivity index (χ0) is 17.9. The maximum absolute atomic E-state index is 12.7. The first-order valence-corrected chi connectivity index (χ1v) is 9.85. The number of benzene rings is 1. The van der Waals surface area contributed by atoms with E-state index < -0.39 is 0 Å². The van der Waals surface area contributed by atoms with Gasteiger partial charge in [-0.05, 0) is 37.5 Å². The van der Waals surface area contributed by atoms with Crippen LogP contribution in [0.4, 0.5) is 0 Å². The molecule has 0 bridgehead atoms. The number of rotatable bonds is 11. The highest BCUT2D eigenvalue weighted by atomic mass is 16.1. The first-order chi connectivity index (χ1) is 12.3. The largest absolute Gasteiger partial charge is 0.294 e. The lowest BCUT2D eigenvalue weighted by Crippen LogP contribution is -2.04. The summed E-state index contributed by atoms with van der Waals surface area (Å²) in [6, 6.07) is 10.1. The van der Waals surface area contributed by atoms with Gasteiger partial charge in [-0.15, -0.1) is 0 Å². The maximum atomic E-state index is 12.7. The van der Waals surface area contributed by atoms with Crippen molar-refractivity contribution in [1.82, 2.24) is 4.98 Å². The van der Waals surface area contributed by atoms with E-state index in [1.165, 1.54) is 25.7 Å². The van der Waals surface area contributed by atoms with Crippen LogP contribution in [0.2, 0.25) is 0 Å². The van der Waals surface area contributed by atoms with Gasteiger partial charge in [0.1, 0.15) is 0 Å². The topological polar surface area (TPSA) is 30.0 Å². The van der Waals surface area contributed by atoms with E-state index in [2.05, 4.69) is 19.9 Å². The van der Waals surface area contributed by atoms with Gasteiger partial charge in [-0.25, -0.2) is 4.98 Å². The molecule has 0 aliphatic carbocycles. The number of carbonyl (C=O) groups is 1. The molecule has 0 saturated carbocycles. The molecule has 0 fully saturated rings. The van der Waals surface area contributed by atoms with Crippen LogP contribution >= 0.6 is 0 Å². The molecule has 0 saturated heterocycles. The normalized spacial score (nSPS) is 11.4. The van der Waals surface area contributed by atoms with E-state index in [1.54, 1.807) is 0 Å². The van der Waals surface area contributed by atoms with Crippen molar-refractivity contribution in [2.45, 2.75) is 71.6 Å². The van der Waals surface area contributed by atoms with Crippen LogP contribution < -0.4 is 0 Å². The van der Waals surface area contributed by atoms with Crippen molar-refractivity contribution in [1.29, 1.82) is 0 Å². The standard InChI is InChI=1S/C23H31NO/c1-3-5-7-8-9-11-16-22-20(23(25)17-10-6-4-2)18-19-14-12-13-15-21(19)24-22/h11-16,18H,3-10,17H2,1-2H3/b16-11+. The van der Waals surface area contributed by atoms with Crippen LogP contribution in [0.5, 0.6) is 0 Å². The average molecular weight is 338 g/mol. The summed E-state index contributed by atoms with van der Waals surface area (Å²) in [4.78, 5) is 17.4. The number of hydrogen-bond donors (Lipinski definition) is 0. The number of hydrogen-bond acceptors (Lipinski definition) is 2. The van der Waals surface area contributed by atoms with Crippen LogP contribution in [0.25, 0.3) is 17.0 Å². The van der Waals surface area contributed by atoms with Gasteiger partial charge in [-0.2, -0.15) is 0 Å². The van der Waals surface area contributed by atoms with Crippen molar-refractivity contribution in [2.24, 2.45) is 0 Å². The van der Waals surface area contributed by atoms with Crippen molar-refractivity contribution in [3.8, 4) is 0 Å². The van der Waals surface area contributed by atoms with Gasteiger partial charge >= 0.3 is 0 Å². The zero-order valence-electron chi connectivity index (χ0n) is 15.8. The second-order valence-electron chi connectivity index (χ2n) is 6.75. The van der Waals surface area contributed by atoms with Crippen LogP contribution in [0, 0.1) is 0 Å². The lowest BCUT2D eigenvalue weighted by Gasteiger charge is -2.07. The van der Waals surface area contributed by atoms with E-state index >= 15 is 0 Å². The number of carbonyl (C=O) groups excluding carboxylic acids is 1. The molecular formula is C23H31NO. The van der Waals surface area contributed by atoms with E-state index in [1.807, 2.05) is 36.4 Å². The summed E-state index contributed by atoms with van der Waals surface area (Å²) in [6.45, 7) is 4.39. The van der Waals surface area contributed by atoms with E-state index in [9.17, 15) is 4.79 Å². The van der Waals surface area contributed by atoms with Gasteiger partial charge in [-0.3, -0.25) is 4.79 Å². The first-order valence-electron chi connectivity index (χ1n) is 9.85. The van der Waals surface area contributed by atoms with Crippen LogP contribution in [0.15, 0.2) is 36.4 Å². The number of aromatic nitrogens is 1. The molecule has 0 unspecified atom stereocenters. The molecule has 2 aromatic rings. The molecule has 2 rings (SSSR count). The van der Waals surface area contributed by atoms with Gasteiger partial charge in [0.2, 0.25) is 0 Å². The number of pyridine rings is 1. The lowest BCUT2D eigenvalue weighted by molar-refractivity contribution is 0.0979. The average Bonchev–Trinajstić information content (AvgIpc) is 2.64. The number of ketones is 1. The van der Waals surface area contributed by atoms with E-state index in [-0.39, 0.29) is 5.78 Å². The Bertz CT molecular complexity index is 702. The number of allylic oxidation sites excluding steroid dienone is 1. The van der Waals surface area contributed by atoms with Crippen molar-refractivity contribution in [3.63, 3.8) is 0 Å². The number of para-hydroxylation sites is 1. The van der Waals surface area contributed by atoms with Gasteiger partial charge in [0.25, 0.3) is 0 Å². The van der Waals surface area contributed by atoms with Gasteiger partial charge in [0.05, 0.1) is 11.2 Å². The number of nitrogens with zero attached hydrogens (tertiary/aromatic N) is 1. The second kappa shape index (κ2) is 10.8. The van der Waals surface area contributed by atoms with E-state index in [4.69, 9.17) is 4.98 Å². The molecule has 0 radical (unpaired) electrons. The van der Waals surface area contributed by atoms with Crippen molar-refractivity contribution >= 4 is 22.8 Å². The predicted octanol–water partition coefficient (Wildman–Crippen LogP) is 6.98. The third kappa shape index (κ3) is 6.12. The molecule has 2 heteroatoms. The van der Waals surface area contributed by atoms with Crippen molar-refractivity contribution in [2.75, 3.05) is 0 Å². The van der Waals surface area contributed by atoms with Gasteiger partial charge in [0, 0.05) is 17.4 Å². The monoisotopic (exact) mass is 337 g/mol. The molecule has 2 nitrogen and oxygen atoms in total. The number of unbranched alkanes of at least 4 members (excludes halogenated alkanes) is 6. The molecule has 0 amide bonds. The molecule has 1 aromatic carbocycles. The zero-order valence-corrected chi connectivity index (χ0v) is 15.8. The first kappa shape index (κ1) is 19.4. The van der Waals surface area contributed by atoms with Crippen LogP contribution in [0.1, 0.15) is 87.7 Å². The SMILES string of the molecule is CCCCCC/C=C/c1nc2ccccc2cc1C(=O)CCCCC. The Labute approximate surface area is 152 Å². The Balaban J connectivity index is 2.17. The highest BCUT2D eigenvalue weighted by Crippen LogP contribution is 2.20. The summed E-state index contributed by atoms with van der Waals surface area (Å²) in [5, 5.41) is 1.04. The molecule has 1 aromatic heterocycles. The fourth-order valence-electron chi connectivity index (χ4n) is 3.04. The summed E-state index contributed by atoms with van der Waals surface area (Å²) < 4.78 is 0. The summed E-state index contributed by atoms with van der Waals surface area (Å²) in [6.07, 6.45) is 14.1. The highest BCUT2D eigenvalue weighted by Gasteiger charge is 2.12. The molecule has 0 aliphatic heterocycles. The molecule has 134 valence electrons. The second-order valence-corrected chi connectivity index (χ2v) is 6.75. The fourth-order valence-corrected chi connectivity index (χ4v) is 3.04. The molecular weight excluding hydrogens is 306 g/mol. The minimum atomic E-state index is 0.220. The third-order valence-electron chi connectivity index (χ3n) is 4.56. The maximum Gasteiger partial charge on any atom is 0.165 e. The number of fused-ring (bicyclic) bond motifs is 1. The Kier molecular flexibility index (Phi) is 8.38. The molecule has 25 heavy (non-hydrogen) atoms. The predicted molar refractivity (Wildman–Crippen MR) is 108 cm³/mol. The summed E-state index contributed by atoms with van der Waals surface area (Å²) in [5.74, 6) is 0.220. The Morgan fingerprint density at radius 3 is 2.56 bits per heavy atom. The van der Waals surface area contributed by atoms with E-state index in [0.717, 1.165) is 47.8 Å². The third-order valence-corrected chi connectivity index (χ3v) is 4.56.